The van der Waals surface area contributed by atoms with E-state index in [0.717, 1.165) is 12.2 Å². The average molecular weight is 193 g/mol. The first-order valence-corrected chi connectivity index (χ1v) is 4.97. The minimum atomic E-state index is 0.216. The summed E-state index contributed by atoms with van der Waals surface area (Å²) in [6, 6.07) is 0.216. The molecule has 0 aliphatic carbocycles. The van der Waals surface area contributed by atoms with E-state index in [0.29, 0.717) is 0 Å². The molecule has 1 aromatic heterocycles. The fraction of sp³-hybridized carbons (Fsp3) is 0.545. The minimum absolute atomic E-state index is 0.216. The second-order valence-corrected chi connectivity index (χ2v) is 3.48. The Hall–Kier alpha value is -1.09. The lowest BCUT2D eigenvalue weighted by molar-refractivity contribution is 0.641. The number of rotatable bonds is 4. The van der Waals surface area contributed by atoms with Crippen molar-refractivity contribution in [3.05, 3.63) is 29.6 Å². The Kier molecular flexibility index (Phi) is 3.47. The van der Waals surface area contributed by atoms with E-state index in [4.69, 9.17) is 0 Å². The van der Waals surface area contributed by atoms with Gasteiger partial charge in [-0.1, -0.05) is 13.0 Å². The number of aryl methyl sites for hydroxylation is 2. The monoisotopic (exact) mass is 193 g/mol. The summed E-state index contributed by atoms with van der Waals surface area (Å²) < 4.78 is 1.92. The SMILES string of the molecule is C=CC(NCC)c1c(C)nn(C)c1C. The molecule has 1 aromatic rings. The highest BCUT2D eigenvalue weighted by atomic mass is 15.3. The molecule has 0 aliphatic rings. The second kappa shape index (κ2) is 4.42. The third kappa shape index (κ3) is 1.87. The molecule has 0 spiro atoms. The van der Waals surface area contributed by atoms with E-state index in [1.165, 1.54) is 11.3 Å². The van der Waals surface area contributed by atoms with Gasteiger partial charge in [0.2, 0.25) is 0 Å². The van der Waals surface area contributed by atoms with Crippen LogP contribution in [0.2, 0.25) is 0 Å². The van der Waals surface area contributed by atoms with E-state index < -0.39 is 0 Å². The third-order valence-electron chi connectivity index (χ3n) is 2.54. The van der Waals surface area contributed by atoms with Crippen LogP contribution in [0.1, 0.15) is 29.9 Å². The van der Waals surface area contributed by atoms with Gasteiger partial charge in [0.25, 0.3) is 0 Å². The maximum absolute atomic E-state index is 4.39. The first-order chi connectivity index (χ1) is 6.61. The van der Waals surface area contributed by atoms with Gasteiger partial charge in [-0.15, -0.1) is 6.58 Å². The number of likely N-dealkylation sites (N-methyl/N-ethyl adjacent to an activating group) is 1. The van der Waals surface area contributed by atoms with Gasteiger partial charge in [-0.25, -0.2) is 0 Å². The summed E-state index contributed by atoms with van der Waals surface area (Å²) in [5, 5.41) is 7.76. The molecule has 78 valence electrons. The Balaban J connectivity index is 3.08. The van der Waals surface area contributed by atoms with Crippen molar-refractivity contribution in [3.63, 3.8) is 0 Å². The van der Waals surface area contributed by atoms with Crippen LogP contribution in [0.4, 0.5) is 0 Å². The molecular weight excluding hydrogens is 174 g/mol. The number of nitrogens with one attached hydrogen (secondary N) is 1. The number of aromatic nitrogens is 2. The highest BCUT2D eigenvalue weighted by molar-refractivity contribution is 5.30. The normalized spacial score (nSPS) is 12.9. The molecule has 0 aromatic carbocycles. The molecule has 3 heteroatoms. The van der Waals surface area contributed by atoms with E-state index in [1.807, 2.05) is 24.7 Å². The van der Waals surface area contributed by atoms with Crippen LogP contribution in [0.25, 0.3) is 0 Å². The van der Waals surface area contributed by atoms with Crippen LogP contribution in [0.15, 0.2) is 12.7 Å². The Bertz CT molecular complexity index is 326. The molecule has 0 fully saturated rings. The highest BCUT2D eigenvalue weighted by Gasteiger charge is 2.16. The van der Waals surface area contributed by atoms with Gasteiger partial charge in [-0.05, 0) is 20.4 Å². The van der Waals surface area contributed by atoms with Crippen LogP contribution < -0.4 is 5.32 Å². The summed E-state index contributed by atoms with van der Waals surface area (Å²) in [7, 11) is 1.97. The van der Waals surface area contributed by atoms with E-state index in [1.54, 1.807) is 0 Å². The van der Waals surface area contributed by atoms with Crippen molar-refractivity contribution in [3.8, 4) is 0 Å². The van der Waals surface area contributed by atoms with Crippen molar-refractivity contribution in [1.29, 1.82) is 0 Å². The van der Waals surface area contributed by atoms with Gasteiger partial charge < -0.3 is 5.32 Å². The summed E-state index contributed by atoms with van der Waals surface area (Å²) in [6.45, 7) is 11.0. The maximum Gasteiger partial charge on any atom is 0.0647 e. The summed E-state index contributed by atoms with van der Waals surface area (Å²) in [5.74, 6) is 0. The minimum Gasteiger partial charge on any atom is -0.307 e. The van der Waals surface area contributed by atoms with Crippen LogP contribution in [-0.4, -0.2) is 16.3 Å². The van der Waals surface area contributed by atoms with E-state index in [2.05, 4.69) is 30.8 Å². The molecule has 1 rings (SSSR count). The largest absolute Gasteiger partial charge is 0.307 e. The lowest BCUT2D eigenvalue weighted by Crippen LogP contribution is -2.19. The molecule has 0 aliphatic heterocycles. The van der Waals surface area contributed by atoms with Gasteiger partial charge in [-0.3, -0.25) is 4.68 Å². The van der Waals surface area contributed by atoms with Crippen molar-refractivity contribution in [2.24, 2.45) is 7.05 Å². The third-order valence-corrected chi connectivity index (χ3v) is 2.54. The molecule has 0 amide bonds. The Labute approximate surface area is 85.8 Å². The lowest BCUT2D eigenvalue weighted by Gasteiger charge is -2.13. The standard InChI is InChI=1S/C11H19N3/c1-6-10(12-7-2)11-8(3)13-14(5)9(11)4/h6,10,12H,1,7H2,2-5H3. The molecule has 14 heavy (non-hydrogen) atoms. The highest BCUT2D eigenvalue weighted by Crippen LogP contribution is 2.21. The molecular formula is C11H19N3. The topological polar surface area (TPSA) is 29.9 Å². The summed E-state index contributed by atoms with van der Waals surface area (Å²) in [5.41, 5.74) is 3.54. The first kappa shape index (κ1) is 11.0. The molecule has 0 saturated heterocycles. The molecule has 1 heterocycles. The van der Waals surface area contributed by atoms with Crippen LogP contribution in [-0.2, 0) is 7.05 Å². The van der Waals surface area contributed by atoms with Gasteiger partial charge >= 0.3 is 0 Å². The van der Waals surface area contributed by atoms with Gasteiger partial charge in [0, 0.05) is 18.3 Å². The number of hydrogen-bond donors (Lipinski definition) is 1. The van der Waals surface area contributed by atoms with Gasteiger partial charge in [0.05, 0.1) is 11.7 Å². The van der Waals surface area contributed by atoms with Crippen molar-refractivity contribution >= 4 is 0 Å². The fourth-order valence-corrected chi connectivity index (χ4v) is 1.76. The van der Waals surface area contributed by atoms with Gasteiger partial charge in [0.15, 0.2) is 0 Å². The number of nitrogens with zero attached hydrogens (tertiary/aromatic N) is 2. The van der Waals surface area contributed by atoms with Crippen LogP contribution >= 0.6 is 0 Å². The van der Waals surface area contributed by atoms with Gasteiger partial charge in [0.1, 0.15) is 0 Å². The molecule has 1 atom stereocenters. The van der Waals surface area contributed by atoms with Crippen molar-refractivity contribution in [2.45, 2.75) is 26.8 Å². The summed E-state index contributed by atoms with van der Waals surface area (Å²) >= 11 is 0. The molecule has 1 unspecified atom stereocenters. The van der Waals surface area contributed by atoms with E-state index in [9.17, 15) is 0 Å². The Morgan fingerprint density at radius 2 is 2.21 bits per heavy atom. The first-order valence-electron chi connectivity index (χ1n) is 4.97. The zero-order chi connectivity index (χ0) is 10.7. The van der Waals surface area contributed by atoms with Crippen molar-refractivity contribution in [1.82, 2.24) is 15.1 Å². The molecule has 0 radical (unpaired) electrons. The Morgan fingerprint density at radius 1 is 1.57 bits per heavy atom. The van der Waals surface area contributed by atoms with Crippen LogP contribution in [0.3, 0.4) is 0 Å². The van der Waals surface area contributed by atoms with Crippen molar-refractivity contribution in [2.75, 3.05) is 6.54 Å². The fourth-order valence-electron chi connectivity index (χ4n) is 1.76. The molecule has 3 nitrogen and oxygen atoms in total. The summed E-state index contributed by atoms with van der Waals surface area (Å²) in [4.78, 5) is 0. The quantitative estimate of drug-likeness (QED) is 0.740. The lowest BCUT2D eigenvalue weighted by atomic mass is 10.1. The van der Waals surface area contributed by atoms with Crippen molar-refractivity contribution < 1.29 is 0 Å². The maximum atomic E-state index is 4.39. The number of hydrogen-bond acceptors (Lipinski definition) is 2. The average Bonchev–Trinajstić information content (AvgIpc) is 2.39. The summed E-state index contributed by atoms with van der Waals surface area (Å²) in [6.07, 6.45) is 1.93. The second-order valence-electron chi connectivity index (χ2n) is 3.48. The molecule has 0 bridgehead atoms. The molecule has 1 N–H and O–H groups in total. The zero-order valence-corrected chi connectivity index (χ0v) is 9.46. The van der Waals surface area contributed by atoms with Crippen LogP contribution in [0, 0.1) is 13.8 Å². The van der Waals surface area contributed by atoms with Crippen LogP contribution in [0.5, 0.6) is 0 Å². The zero-order valence-electron chi connectivity index (χ0n) is 9.46. The predicted octanol–water partition coefficient (Wildman–Crippen LogP) is 1.87. The van der Waals surface area contributed by atoms with Gasteiger partial charge in [-0.2, -0.15) is 5.10 Å². The predicted molar refractivity (Wildman–Crippen MR) is 59.3 cm³/mol. The van der Waals surface area contributed by atoms with E-state index in [-0.39, 0.29) is 6.04 Å². The van der Waals surface area contributed by atoms with E-state index >= 15 is 0 Å². The Morgan fingerprint density at radius 3 is 2.57 bits per heavy atom. The smallest absolute Gasteiger partial charge is 0.0647 e. The molecule has 0 saturated carbocycles.